The molecule has 0 unspecified atom stereocenters. The van der Waals surface area contributed by atoms with E-state index < -0.39 is 42.2 Å². The van der Waals surface area contributed by atoms with Crippen LogP contribution in [0.5, 0.6) is 0 Å². The van der Waals surface area contributed by atoms with Crippen LogP contribution in [0.1, 0.15) is 16.1 Å². The van der Waals surface area contributed by atoms with Gasteiger partial charge in [0.2, 0.25) is 0 Å². The number of carbonyl (C=O) groups is 2. The summed E-state index contributed by atoms with van der Waals surface area (Å²) in [5.74, 6) is -0.384. The van der Waals surface area contributed by atoms with Crippen molar-refractivity contribution in [1.82, 2.24) is 10.3 Å². The van der Waals surface area contributed by atoms with E-state index in [0.717, 1.165) is 12.1 Å². The summed E-state index contributed by atoms with van der Waals surface area (Å²) in [6, 6.07) is 8.71. The number of halogens is 3. The van der Waals surface area contributed by atoms with E-state index in [1.165, 1.54) is 18.3 Å². The smallest absolute Gasteiger partial charge is 0.416 e. The zero-order chi connectivity index (χ0) is 22.0. The van der Waals surface area contributed by atoms with Crippen molar-refractivity contribution in [1.29, 1.82) is 0 Å². The maximum absolute atomic E-state index is 12.8. The SMILES string of the molecule is O=C(Nc1cccc(C(F)(F)F)c1)O[C@@H]1CO[C@H]2[C@H]1OC[C@H]2NC(=O)c1ccccn1. The maximum Gasteiger partial charge on any atom is 0.416 e. The van der Waals surface area contributed by atoms with Crippen LogP contribution in [-0.4, -0.2) is 54.6 Å². The number of nitrogens with one attached hydrogen (secondary N) is 2. The second-order valence-electron chi connectivity index (χ2n) is 7.04. The molecule has 1 aromatic heterocycles. The van der Waals surface area contributed by atoms with Crippen LogP contribution in [0.15, 0.2) is 48.7 Å². The minimum atomic E-state index is -4.53. The van der Waals surface area contributed by atoms with Crippen LogP contribution < -0.4 is 10.6 Å². The zero-order valence-electron chi connectivity index (χ0n) is 16.0. The van der Waals surface area contributed by atoms with Gasteiger partial charge < -0.3 is 19.5 Å². The third kappa shape index (κ3) is 4.78. The molecule has 31 heavy (non-hydrogen) atoms. The van der Waals surface area contributed by atoms with Crippen LogP contribution >= 0.6 is 0 Å². The number of ether oxygens (including phenoxy) is 3. The van der Waals surface area contributed by atoms with Crippen molar-refractivity contribution in [2.24, 2.45) is 0 Å². The number of fused-ring (bicyclic) bond motifs is 1. The van der Waals surface area contributed by atoms with Gasteiger partial charge in [0.15, 0.2) is 6.10 Å². The van der Waals surface area contributed by atoms with Crippen LogP contribution in [0.25, 0.3) is 0 Å². The molecule has 2 N–H and O–H groups in total. The molecular formula is C20H18F3N3O5. The normalized spacial score (nSPS) is 25.0. The Morgan fingerprint density at radius 1 is 1.06 bits per heavy atom. The van der Waals surface area contributed by atoms with Gasteiger partial charge >= 0.3 is 12.3 Å². The van der Waals surface area contributed by atoms with E-state index in [0.29, 0.717) is 0 Å². The van der Waals surface area contributed by atoms with E-state index in [4.69, 9.17) is 14.2 Å². The first-order valence-corrected chi connectivity index (χ1v) is 9.41. The van der Waals surface area contributed by atoms with E-state index in [2.05, 4.69) is 15.6 Å². The molecule has 4 atom stereocenters. The molecule has 0 saturated carbocycles. The number of anilines is 1. The number of hydrogen-bond acceptors (Lipinski definition) is 6. The van der Waals surface area contributed by atoms with Crippen molar-refractivity contribution in [3.05, 3.63) is 59.9 Å². The van der Waals surface area contributed by atoms with E-state index in [9.17, 15) is 22.8 Å². The lowest BCUT2D eigenvalue weighted by atomic mass is 10.1. The summed E-state index contributed by atoms with van der Waals surface area (Å²) in [5, 5.41) is 5.06. The van der Waals surface area contributed by atoms with Gasteiger partial charge in [-0.05, 0) is 30.3 Å². The highest BCUT2D eigenvalue weighted by molar-refractivity contribution is 5.92. The zero-order valence-corrected chi connectivity index (χ0v) is 16.0. The second kappa shape index (κ2) is 8.52. The lowest BCUT2D eigenvalue weighted by Crippen LogP contribution is -2.44. The monoisotopic (exact) mass is 437 g/mol. The summed E-state index contributed by atoms with van der Waals surface area (Å²) in [4.78, 5) is 28.4. The van der Waals surface area contributed by atoms with Crippen LogP contribution in [0.3, 0.4) is 0 Å². The molecule has 0 bridgehead atoms. The van der Waals surface area contributed by atoms with E-state index in [1.54, 1.807) is 18.2 Å². The van der Waals surface area contributed by atoms with Crippen LogP contribution in [0.4, 0.5) is 23.7 Å². The summed E-state index contributed by atoms with van der Waals surface area (Å²) >= 11 is 0. The minimum absolute atomic E-state index is 0.0291. The molecule has 2 aliphatic heterocycles. The van der Waals surface area contributed by atoms with Crippen molar-refractivity contribution in [2.75, 3.05) is 18.5 Å². The molecule has 2 fully saturated rings. The molecular weight excluding hydrogens is 419 g/mol. The van der Waals surface area contributed by atoms with Gasteiger partial charge in [-0.2, -0.15) is 13.2 Å². The van der Waals surface area contributed by atoms with Crippen molar-refractivity contribution in [3.63, 3.8) is 0 Å². The Labute approximate surface area is 174 Å². The van der Waals surface area contributed by atoms with Crippen LogP contribution in [-0.2, 0) is 20.4 Å². The molecule has 2 aromatic rings. The number of nitrogens with zero attached hydrogens (tertiary/aromatic N) is 1. The Hall–Kier alpha value is -3.18. The van der Waals surface area contributed by atoms with Crippen molar-refractivity contribution in [2.45, 2.75) is 30.5 Å². The number of rotatable bonds is 4. The summed E-state index contributed by atoms with van der Waals surface area (Å²) in [6.07, 6.45) is -5.87. The first kappa shape index (κ1) is 21.1. The Morgan fingerprint density at radius 2 is 1.87 bits per heavy atom. The van der Waals surface area contributed by atoms with Gasteiger partial charge in [-0.3, -0.25) is 15.1 Å². The summed E-state index contributed by atoms with van der Waals surface area (Å²) < 4.78 is 55.0. The predicted octanol–water partition coefficient (Wildman–Crippen LogP) is 2.61. The molecule has 164 valence electrons. The number of pyridine rings is 1. The highest BCUT2D eigenvalue weighted by atomic mass is 19.4. The third-order valence-electron chi connectivity index (χ3n) is 4.92. The van der Waals surface area contributed by atoms with Gasteiger partial charge in [0.05, 0.1) is 24.8 Å². The molecule has 2 amide bonds. The first-order chi connectivity index (χ1) is 14.8. The maximum atomic E-state index is 12.8. The topological polar surface area (TPSA) is 98.8 Å². The van der Waals surface area contributed by atoms with E-state index in [-0.39, 0.29) is 30.5 Å². The highest BCUT2D eigenvalue weighted by Gasteiger charge is 2.50. The van der Waals surface area contributed by atoms with Crippen molar-refractivity contribution in [3.8, 4) is 0 Å². The Balaban J connectivity index is 1.32. The quantitative estimate of drug-likeness (QED) is 0.763. The number of aromatic nitrogens is 1. The molecule has 0 radical (unpaired) electrons. The summed E-state index contributed by atoms with van der Waals surface area (Å²) in [7, 11) is 0. The molecule has 2 aliphatic rings. The van der Waals surface area contributed by atoms with E-state index in [1.807, 2.05) is 0 Å². The highest BCUT2D eigenvalue weighted by Crippen LogP contribution is 2.31. The molecule has 4 rings (SSSR count). The summed E-state index contributed by atoms with van der Waals surface area (Å²) in [5.41, 5.74) is -0.694. The number of carbonyl (C=O) groups excluding carboxylic acids is 2. The molecule has 11 heteroatoms. The van der Waals surface area contributed by atoms with Gasteiger partial charge in [0.25, 0.3) is 5.91 Å². The molecule has 3 heterocycles. The Morgan fingerprint density at radius 3 is 2.61 bits per heavy atom. The van der Waals surface area contributed by atoms with Gasteiger partial charge in [0, 0.05) is 11.9 Å². The lowest BCUT2D eigenvalue weighted by molar-refractivity contribution is -0.137. The lowest BCUT2D eigenvalue weighted by Gasteiger charge is -2.18. The van der Waals surface area contributed by atoms with Crippen molar-refractivity contribution >= 4 is 17.7 Å². The van der Waals surface area contributed by atoms with Crippen molar-refractivity contribution < 1.29 is 37.0 Å². The van der Waals surface area contributed by atoms with Crippen LogP contribution in [0.2, 0.25) is 0 Å². The van der Waals surface area contributed by atoms with Gasteiger partial charge in [-0.15, -0.1) is 0 Å². The molecule has 2 saturated heterocycles. The number of benzene rings is 1. The van der Waals surface area contributed by atoms with Crippen LogP contribution in [0, 0.1) is 0 Å². The fraction of sp³-hybridized carbons (Fsp3) is 0.350. The molecule has 1 aromatic carbocycles. The number of hydrogen-bond donors (Lipinski definition) is 2. The minimum Gasteiger partial charge on any atom is -0.441 e. The summed E-state index contributed by atoms with van der Waals surface area (Å²) in [6.45, 7) is 0.185. The molecule has 0 spiro atoms. The molecule has 0 aliphatic carbocycles. The standard InChI is InChI=1S/C20H18F3N3O5/c21-20(22,23)11-4-3-5-12(8-11)25-19(28)31-15-10-30-16-14(9-29-17(15)16)26-18(27)13-6-1-2-7-24-13/h1-8,14-17H,9-10H2,(H,25,28)(H,26,27)/t14-,15-,16-,17+/m1/s1. The van der Waals surface area contributed by atoms with Gasteiger partial charge in [-0.1, -0.05) is 12.1 Å². The Bertz CT molecular complexity index is 957. The first-order valence-electron chi connectivity index (χ1n) is 9.41. The number of alkyl halides is 3. The van der Waals surface area contributed by atoms with Gasteiger partial charge in [0.1, 0.15) is 17.9 Å². The predicted molar refractivity (Wildman–Crippen MR) is 100 cm³/mol. The second-order valence-corrected chi connectivity index (χ2v) is 7.04. The largest absolute Gasteiger partial charge is 0.441 e. The fourth-order valence-corrected chi connectivity index (χ4v) is 3.49. The average Bonchev–Trinajstić information content (AvgIpc) is 3.32. The average molecular weight is 437 g/mol. The number of amides is 2. The van der Waals surface area contributed by atoms with E-state index >= 15 is 0 Å². The van der Waals surface area contributed by atoms with Gasteiger partial charge in [-0.25, -0.2) is 4.79 Å². The Kier molecular flexibility index (Phi) is 5.79. The third-order valence-corrected chi connectivity index (χ3v) is 4.92. The molecule has 8 nitrogen and oxygen atoms in total. The fourth-order valence-electron chi connectivity index (χ4n) is 3.49.